The van der Waals surface area contributed by atoms with Crippen LogP contribution in [0.5, 0.6) is 0 Å². The Labute approximate surface area is 119 Å². The molecule has 1 N–H and O–H groups in total. The average Bonchev–Trinajstić information content (AvgIpc) is 2.81. The topological polar surface area (TPSA) is 51.0 Å². The van der Waals surface area contributed by atoms with Crippen LogP contribution in [-0.2, 0) is 19.3 Å². The molecule has 1 fully saturated rings. The van der Waals surface area contributed by atoms with Crippen molar-refractivity contribution in [1.82, 2.24) is 15.5 Å². The van der Waals surface area contributed by atoms with Crippen molar-refractivity contribution in [3.63, 3.8) is 0 Å². The molecular weight excluding hydrogens is 262 g/mol. The van der Waals surface area contributed by atoms with Crippen LogP contribution in [0.2, 0.25) is 0 Å². The molecule has 102 valence electrons. The molecule has 5 heteroatoms. The van der Waals surface area contributed by atoms with Crippen LogP contribution in [-0.4, -0.2) is 23.2 Å². The van der Waals surface area contributed by atoms with Gasteiger partial charge in [0.1, 0.15) is 0 Å². The molecule has 4 nitrogen and oxygen atoms in total. The quantitative estimate of drug-likeness (QED) is 0.910. The molecule has 0 spiro atoms. The van der Waals surface area contributed by atoms with E-state index in [9.17, 15) is 0 Å². The van der Waals surface area contributed by atoms with Crippen LogP contribution >= 0.6 is 12.4 Å². The number of hydrogen-bond acceptors (Lipinski definition) is 4. The SMILES string of the molecule is Cl.c1ccc(CCc2noc(CC3CNC3)n2)cc1. The molecule has 2 aromatic rings. The van der Waals surface area contributed by atoms with Crippen molar-refractivity contribution in [2.45, 2.75) is 19.3 Å². The summed E-state index contributed by atoms with van der Waals surface area (Å²) in [4.78, 5) is 4.44. The highest BCUT2D eigenvalue weighted by Crippen LogP contribution is 2.11. The lowest BCUT2D eigenvalue weighted by Crippen LogP contribution is -2.43. The predicted octanol–water partition coefficient (Wildman–Crippen LogP) is 2.04. The number of aryl methyl sites for hydroxylation is 2. The van der Waals surface area contributed by atoms with E-state index in [0.717, 1.165) is 44.1 Å². The Kier molecular flexibility index (Phi) is 4.93. The van der Waals surface area contributed by atoms with E-state index in [1.807, 2.05) is 6.07 Å². The van der Waals surface area contributed by atoms with Crippen LogP contribution in [0.1, 0.15) is 17.3 Å². The van der Waals surface area contributed by atoms with Gasteiger partial charge in [-0.15, -0.1) is 12.4 Å². The third kappa shape index (κ3) is 3.78. The lowest BCUT2D eigenvalue weighted by molar-refractivity contribution is 0.295. The summed E-state index contributed by atoms with van der Waals surface area (Å²) in [6.45, 7) is 2.14. The minimum Gasteiger partial charge on any atom is -0.339 e. The van der Waals surface area contributed by atoms with Crippen LogP contribution in [0, 0.1) is 5.92 Å². The Hall–Kier alpha value is -1.39. The second kappa shape index (κ2) is 6.68. The summed E-state index contributed by atoms with van der Waals surface area (Å²) in [5.41, 5.74) is 1.31. The summed E-state index contributed by atoms with van der Waals surface area (Å²) in [6, 6.07) is 10.4. The van der Waals surface area contributed by atoms with Gasteiger partial charge in [0.15, 0.2) is 5.82 Å². The first-order valence-corrected chi connectivity index (χ1v) is 6.46. The number of halogens is 1. The molecule has 1 saturated heterocycles. The first kappa shape index (κ1) is 14.0. The van der Waals surface area contributed by atoms with Gasteiger partial charge in [-0.1, -0.05) is 35.5 Å². The van der Waals surface area contributed by atoms with Gasteiger partial charge in [0.05, 0.1) is 0 Å². The standard InChI is InChI=1S/C14H17N3O.ClH/c1-2-4-11(5-3-1)6-7-13-16-14(18-17-13)8-12-9-15-10-12;/h1-5,12,15H,6-10H2;1H. The minimum absolute atomic E-state index is 0. The lowest BCUT2D eigenvalue weighted by Gasteiger charge is -2.25. The van der Waals surface area contributed by atoms with E-state index >= 15 is 0 Å². The third-order valence-electron chi connectivity index (χ3n) is 3.32. The molecule has 2 heterocycles. The van der Waals surface area contributed by atoms with Crippen molar-refractivity contribution in [2.75, 3.05) is 13.1 Å². The van der Waals surface area contributed by atoms with Crippen LogP contribution in [0.15, 0.2) is 34.9 Å². The predicted molar refractivity (Wildman–Crippen MR) is 75.5 cm³/mol. The number of nitrogens with zero attached hydrogens (tertiary/aromatic N) is 2. The minimum atomic E-state index is 0. The second-order valence-corrected chi connectivity index (χ2v) is 4.82. The zero-order chi connectivity index (χ0) is 12.2. The molecule has 0 bridgehead atoms. The fourth-order valence-corrected chi connectivity index (χ4v) is 2.12. The normalized spacial score (nSPS) is 14.7. The molecule has 1 aliphatic heterocycles. The highest BCUT2D eigenvalue weighted by Gasteiger charge is 2.20. The fourth-order valence-electron chi connectivity index (χ4n) is 2.12. The maximum absolute atomic E-state index is 5.27. The smallest absolute Gasteiger partial charge is 0.227 e. The molecule has 0 atom stereocenters. The molecule has 0 aliphatic carbocycles. The lowest BCUT2D eigenvalue weighted by atomic mass is 10.00. The van der Waals surface area contributed by atoms with E-state index in [2.05, 4.69) is 39.7 Å². The zero-order valence-electron chi connectivity index (χ0n) is 10.7. The summed E-state index contributed by atoms with van der Waals surface area (Å²) in [5.74, 6) is 2.28. The van der Waals surface area contributed by atoms with Crippen molar-refractivity contribution >= 4 is 12.4 Å². The molecule has 1 aromatic heterocycles. The molecule has 1 aliphatic rings. The summed E-state index contributed by atoms with van der Waals surface area (Å²) >= 11 is 0. The molecule has 1 aromatic carbocycles. The van der Waals surface area contributed by atoms with Crippen molar-refractivity contribution in [1.29, 1.82) is 0 Å². The van der Waals surface area contributed by atoms with Crippen LogP contribution in [0.4, 0.5) is 0 Å². The summed E-state index contributed by atoms with van der Waals surface area (Å²) < 4.78 is 5.27. The second-order valence-electron chi connectivity index (χ2n) is 4.82. The molecule has 0 saturated carbocycles. The Morgan fingerprint density at radius 2 is 1.95 bits per heavy atom. The maximum Gasteiger partial charge on any atom is 0.227 e. The van der Waals surface area contributed by atoms with Gasteiger partial charge in [-0.25, -0.2) is 0 Å². The van der Waals surface area contributed by atoms with Gasteiger partial charge in [-0.2, -0.15) is 4.98 Å². The van der Waals surface area contributed by atoms with E-state index in [1.165, 1.54) is 5.56 Å². The Balaban J connectivity index is 0.00000133. The Bertz CT molecular complexity index is 496. The van der Waals surface area contributed by atoms with Crippen LogP contribution in [0.25, 0.3) is 0 Å². The van der Waals surface area contributed by atoms with Crippen molar-refractivity contribution in [3.8, 4) is 0 Å². The molecule has 3 rings (SSSR count). The highest BCUT2D eigenvalue weighted by molar-refractivity contribution is 5.85. The van der Waals surface area contributed by atoms with Gasteiger partial charge in [-0.3, -0.25) is 0 Å². The van der Waals surface area contributed by atoms with E-state index in [0.29, 0.717) is 5.92 Å². The summed E-state index contributed by atoms with van der Waals surface area (Å²) in [6.07, 6.45) is 2.71. The van der Waals surface area contributed by atoms with E-state index < -0.39 is 0 Å². The number of aromatic nitrogens is 2. The number of hydrogen-bond donors (Lipinski definition) is 1. The van der Waals surface area contributed by atoms with Gasteiger partial charge in [0.2, 0.25) is 5.89 Å². The summed E-state index contributed by atoms with van der Waals surface area (Å²) in [5, 5.41) is 7.28. The number of rotatable bonds is 5. The number of nitrogens with one attached hydrogen (secondary N) is 1. The largest absolute Gasteiger partial charge is 0.339 e. The molecular formula is C14H18ClN3O. The average molecular weight is 280 g/mol. The maximum atomic E-state index is 5.27. The molecule has 0 radical (unpaired) electrons. The fraction of sp³-hybridized carbons (Fsp3) is 0.429. The monoisotopic (exact) mass is 279 g/mol. The van der Waals surface area contributed by atoms with Crippen molar-refractivity contribution in [3.05, 3.63) is 47.6 Å². The molecule has 19 heavy (non-hydrogen) atoms. The number of benzene rings is 1. The van der Waals surface area contributed by atoms with Crippen molar-refractivity contribution < 1.29 is 4.52 Å². The van der Waals surface area contributed by atoms with Crippen LogP contribution in [0.3, 0.4) is 0 Å². The van der Waals surface area contributed by atoms with Gasteiger partial charge in [-0.05, 0) is 31.0 Å². The van der Waals surface area contributed by atoms with Gasteiger partial charge >= 0.3 is 0 Å². The van der Waals surface area contributed by atoms with E-state index in [4.69, 9.17) is 4.52 Å². The first-order valence-electron chi connectivity index (χ1n) is 6.46. The van der Waals surface area contributed by atoms with Gasteiger partial charge in [0.25, 0.3) is 0 Å². The third-order valence-corrected chi connectivity index (χ3v) is 3.32. The van der Waals surface area contributed by atoms with Crippen LogP contribution < -0.4 is 5.32 Å². The Morgan fingerprint density at radius 1 is 1.16 bits per heavy atom. The first-order chi connectivity index (χ1) is 8.90. The highest BCUT2D eigenvalue weighted by atomic mass is 35.5. The van der Waals surface area contributed by atoms with E-state index in [-0.39, 0.29) is 12.4 Å². The van der Waals surface area contributed by atoms with E-state index in [1.54, 1.807) is 0 Å². The Morgan fingerprint density at radius 3 is 2.63 bits per heavy atom. The van der Waals surface area contributed by atoms with Gasteiger partial charge in [0, 0.05) is 12.8 Å². The van der Waals surface area contributed by atoms with Crippen molar-refractivity contribution in [2.24, 2.45) is 5.92 Å². The van der Waals surface area contributed by atoms with Gasteiger partial charge < -0.3 is 9.84 Å². The molecule has 0 unspecified atom stereocenters. The zero-order valence-corrected chi connectivity index (χ0v) is 11.5. The summed E-state index contributed by atoms with van der Waals surface area (Å²) in [7, 11) is 0. The molecule has 0 amide bonds.